The highest BCUT2D eigenvalue weighted by Gasteiger charge is 2.25. The van der Waals surface area contributed by atoms with Crippen molar-refractivity contribution in [3.63, 3.8) is 0 Å². The molecule has 1 aliphatic carbocycles. The lowest BCUT2D eigenvalue weighted by molar-refractivity contribution is -0.120. The lowest BCUT2D eigenvalue weighted by Gasteiger charge is -2.35. The zero-order valence-electron chi connectivity index (χ0n) is 12.0. The number of anilines is 1. The maximum atomic E-state index is 11.6. The van der Waals surface area contributed by atoms with Crippen LogP contribution in [0.15, 0.2) is 24.4 Å². The highest BCUT2D eigenvalue weighted by Crippen LogP contribution is 2.24. The Bertz CT molecular complexity index is 440. The summed E-state index contributed by atoms with van der Waals surface area (Å²) in [5.74, 6) is 1.93. The summed E-state index contributed by atoms with van der Waals surface area (Å²) in [5.41, 5.74) is 0. The number of piperazine rings is 1. The van der Waals surface area contributed by atoms with E-state index in [1.807, 2.05) is 18.3 Å². The van der Waals surface area contributed by atoms with Crippen molar-refractivity contribution in [2.24, 2.45) is 5.92 Å². The van der Waals surface area contributed by atoms with E-state index in [0.29, 0.717) is 11.7 Å². The number of Topliss-reactive ketones (excluding diaryl/α,β-unsaturated/α-hetero) is 1. The van der Waals surface area contributed by atoms with Crippen molar-refractivity contribution in [3.8, 4) is 0 Å². The first-order chi connectivity index (χ1) is 9.83. The minimum atomic E-state index is 0.351. The number of rotatable bonds is 4. The lowest BCUT2D eigenvalue weighted by atomic mass is 10.0. The maximum Gasteiger partial charge on any atom is 0.136 e. The van der Waals surface area contributed by atoms with Crippen LogP contribution in [0.1, 0.15) is 25.7 Å². The summed E-state index contributed by atoms with van der Waals surface area (Å²) >= 11 is 0. The van der Waals surface area contributed by atoms with Crippen LogP contribution in [0, 0.1) is 5.92 Å². The van der Waals surface area contributed by atoms with Crippen molar-refractivity contribution in [2.45, 2.75) is 25.7 Å². The Morgan fingerprint density at radius 2 is 2.05 bits per heavy atom. The predicted molar refractivity (Wildman–Crippen MR) is 79.9 cm³/mol. The molecule has 108 valence electrons. The van der Waals surface area contributed by atoms with Crippen LogP contribution in [-0.2, 0) is 4.79 Å². The van der Waals surface area contributed by atoms with Gasteiger partial charge in [-0.15, -0.1) is 0 Å². The third-order valence-corrected chi connectivity index (χ3v) is 4.57. The molecule has 1 atom stereocenters. The number of carbonyl (C=O) groups is 1. The van der Waals surface area contributed by atoms with Crippen LogP contribution < -0.4 is 4.90 Å². The number of aromatic nitrogens is 1. The van der Waals surface area contributed by atoms with Crippen molar-refractivity contribution >= 4 is 11.6 Å². The quantitative estimate of drug-likeness (QED) is 0.840. The summed E-state index contributed by atoms with van der Waals surface area (Å²) in [6.07, 6.45) is 5.96. The van der Waals surface area contributed by atoms with Crippen molar-refractivity contribution in [3.05, 3.63) is 24.4 Å². The van der Waals surface area contributed by atoms with E-state index in [2.05, 4.69) is 20.9 Å². The molecule has 1 saturated carbocycles. The zero-order chi connectivity index (χ0) is 13.8. The molecule has 1 aromatic rings. The van der Waals surface area contributed by atoms with E-state index in [-0.39, 0.29) is 0 Å². The minimum Gasteiger partial charge on any atom is -0.354 e. The topological polar surface area (TPSA) is 36.4 Å². The van der Waals surface area contributed by atoms with Crippen molar-refractivity contribution < 1.29 is 4.79 Å². The largest absolute Gasteiger partial charge is 0.354 e. The van der Waals surface area contributed by atoms with Gasteiger partial charge in [-0.2, -0.15) is 0 Å². The summed E-state index contributed by atoms with van der Waals surface area (Å²) in [6.45, 7) is 5.31. The Labute approximate surface area is 120 Å². The van der Waals surface area contributed by atoms with Crippen molar-refractivity contribution in [2.75, 3.05) is 37.6 Å². The van der Waals surface area contributed by atoms with Crippen LogP contribution in [-0.4, -0.2) is 48.4 Å². The average molecular weight is 273 g/mol. The summed E-state index contributed by atoms with van der Waals surface area (Å²) in [4.78, 5) is 20.9. The molecule has 4 nitrogen and oxygen atoms in total. The van der Waals surface area contributed by atoms with Crippen LogP contribution >= 0.6 is 0 Å². The molecule has 1 aromatic heterocycles. The first-order valence-corrected chi connectivity index (χ1v) is 7.74. The Morgan fingerprint density at radius 3 is 2.70 bits per heavy atom. The Morgan fingerprint density at radius 1 is 1.20 bits per heavy atom. The van der Waals surface area contributed by atoms with Crippen LogP contribution in [0.25, 0.3) is 0 Å². The van der Waals surface area contributed by atoms with E-state index >= 15 is 0 Å². The van der Waals surface area contributed by atoms with E-state index in [1.165, 1.54) is 0 Å². The molecule has 1 unspecified atom stereocenters. The van der Waals surface area contributed by atoms with Gasteiger partial charge in [0.15, 0.2) is 0 Å². The number of hydrogen-bond donors (Lipinski definition) is 0. The third kappa shape index (κ3) is 3.18. The minimum absolute atomic E-state index is 0.351. The van der Waals surface area contributed by atoms with Gasteiger partial charge in [0, 0.05) is 44.7 Å². The van der Waals surface area contributed by atoms with Gasteiger partial charge in [0.1, 0.15) is 11.6 Å². The highest BCUT2D eigenvalue weighted by molar-refractivity contribution is 5.82. The van der Waals surface area contributed by atoms with Gasteiger partial charge in [-0.1, -0.05) is 6.07 Å². The van der Waals surface area contributed by atoms with E-state index in [0.717, 1.165) is 64.2 Å². The molecule has 1 saturated heterocycles. The standard InChI is InChI=1S/C16H23N3O/c20-15-5-3-4-14(15)7-9-18-10-12-19(13-11-18)16-6-1-2-8-17-16/h1-2,6,8,14H,3-5,7,9-13H2. The van der Waals surface area contributed by atoms with E-state index in [4.69, 9.17) is 0 Å². The number of hydrogen-bond acceptors (Lipinski definition) is 4. The fourth-order valence-electron chi connectivity index (χ4n) is 3.27. The number of pyridine rings is 1. The molecule has 0 spiro atoms. The van der Waals surface area contributed by atoms with Crippen LogP contribution in [0.3, 0.4) is 0 Å². The summed E-state index contributed by atoms with van der Waals surface area (Å²) < 4.78 is 0. The van der Waals surface area contributed by atoms with Crippen LogP contribution in [0.2, 0.25) is 0 Å². The van der Waals surface area contributed by atoms with Crippen molar-refractivity contribution in [1.82, 2.24) is 9.88 Å². The van der Waals surface area contributed by atoms with Gasteiger partial charge in [-0.25, -0.2) is 4.98 Å². The summed E-state index contributed by atoms with van der Waals surface area (Å²) in [7, 11) is 0. The lowest BCUT2D eigenvalue weighted by Crippen LogP contribution is -2.47. The normalized spacial score (nSPS) is 24.3. The summed E-state index contributed by atoms with van der Waals surface area (Å²) in [6, 6.07) is 6.08. The number of carbonyl (C=O) groups excluding carboxylic acids is 1. The molecule has 2 fully saturated rings. The van der Waals surface area contributed by atoms with E-state index in [1.54, 1.807) is 0 Å². The fraction of sp³-hybridized carbons (Fsp3) is 0.625. The highest BCUT2D eigenvalue weighted by atomic mass is 16.1. The van der Waals surface area contributed by atoms with Gasteiger partial charge in [-0.05, 0) is 37.9 Å². The first kappa shape index (κ1) is 13.6. The molecule has 20 heavy (non-hydrogen) atoms. The van der Waals surface area contributed by atoms with Gasteiger partial charge in [0.2, 0.25) is 0 Å². The molecule has 0 amide bonds. The van der Waals surface area contributed by atoms with Gasteiger partial charge < -0.3 is 4.90 Å². The molecule has 1 aliphatic heterocycles. The maximum absolute atomic E-state index is 11.6. The summed E-state index contributed by atoms with van der Waals surface area (Å²) in [5, 5.41) is 0. The average Bonchev–Trinajstić information content (AvgIpc) is 2.92. The molecular weight excluding hydrogens is 250 g/mol. The van der Waals surface area contributed by atoms with E-state index < -0.39 is 0 Å². The fourth-order valence-corrected chi connectivity index (χ4v) is 3.27. The first-order valence-electron chi connectivity index (χ1n) is 7.74. The van der Waals surface area contributed by atoms with Gasteiger partial charge in [0.25, 0.3) is 0 Å². The van der Waals surface area contributed by atoms with Crippen LogP contribution in [0.4, 0.5) is 5.82 Å². The van der Waals surface area contributed by atoms with Gasteiger partial charge in [-0.3, -0.25) is 9.69 Å². The molecule has 0 N–H and O–H groups in total. The third-order valence-electron chi connectivity index (χ3n) is 4.57. The molecule has 0 aromatic carbocycles. The molecule has 3 rings (SSSR count). The second-order valence-corrected chi connectivity index (χ2v) is 5.86. The zero-order valence-corrected chi connectivity index (χ0v) is 12.0. The predicted octanol–water partition coefficient (Wildman–Crippen LogP) is 1.96. The molecule has 4 heteroatoms. The molecular formula is C16H23N3O. The second-order valence-electron chi connectivity index (χ2n) is 5.86. The Kier molecular flexibility index (Phi) is 4.31. The molecule has 2 aliphatic rings. The van der Waals surface area contributed by atoms with Crippen LogP contribution in [0.5, 0.6) is 0 Å². The number of nitrogens with zero attached hydrogens (tertiary/aromatic N) is 3. The second kappa shape index (κ2) is 6.35. The molecule has 0 bridgehead atoms. The van der Waals surface area contributed by atoms with Crippen molar-refractivity contribution in [1.29, 1.82) is 0 Å². The Balaban J connectivity index is 1.43. The monoisotopic (exact) mass is 273 g/mol. The SMILES string of the molecule is O=C1CCCC1CCN1CCN(c2ccccn2)CC1. The Hall–Kier alpha value is -1.42. The van der Waals surface area contributed by atoms with Gasteiger partial charge >= 0.3 is 0 Å². The van der Waals surface area contributed by atoms with E-state index in [9.17, 15) is 4.79 Å². The smallest absolute Gasteiger partial charge is 0.136 e. The molecule has 2 heterocycles. The van der Waals surface area contributed by atoms with Gasteiger partial charge in [0.05, 0.1) is 0 Å². The number of ketones is 1. The molecule has 0 radical (unpaired) electrons.